The molecule has 1 aliphatic heterocycles. The number of carbonyl (C=O) groups is 1. The van der Waals surface area contributed by atoms with E-state index < -0.39 is 0 Å². The van der Waals surface area contributed by atoms with Crippen LogP contribution in [0.3, 0.4) is 0 Å². The van der Waals surface area contributed by atoms with Crippen LogP contribution in [0.5, 0.6) is 0 Å². The maximum absolute atomic E-state index is 12.6. The van der Waals surface area contributed by atoms with E-state index in [2.05, 4.69) is 47.9 Å². The zero-order chi connectivity index (χ0) is 19.6. The first-order chi connectivity index (χ1) is 12.9. The first-order valence-corrected chi connectivity index (χ1v) is 10.7. The minimum absolute atomic E-state index is 0.0573. The van der Waals surface area contributed by atoms with Gasteiger partial charge in [-0.3, -0.25) is 4.79 Å². The summed E-state index contributed by atoms with van der Waals surface area (Å²) in [5, 5.41) is 4.25. The van der Waals surface area contributed by atoms with Gasteiger partial charge in [0.2, 0.25) is 5.91 Å². The molecule has 0 saturated carbocycles. The number of nitrogens with zero attached hydrogens (tertiary/aromatic N) is 3. The van der Waals surface area contributed by atoms with Crippen molar-refractivity contribution in [2.45, 2.75) is 58.9 Å². The maximum atomic E-state index is 12.6. The van der Waals surface area contributed by atoms with Gasteiger partial charge in [0.25, 0.3) is 0 Å². The number of piperidine rings is 1. The molecule has 2 aromatic rings. The van der Waals surface area contributed by atoms with Gasteiger partial charge in [-0.05, 0) is 45.1 Å². The largest absolute Gasteiger partial charge is 0.356 e. The zero-order valence-electron chi connectivity index (χ0n) is 16.8. The van der Waals surface area contributed by atoms with Crippen LogP contribution in [0.15, 0.2) is 6.33 Å². The number of hydrogen-bond acceptors (Lipinski definition) is 6. The molecule has 1 amide bonds. The van der Waals surface area contributed by atoms with Crippen molar-refractivity contribution in [2.24, 2.45) is 11.7 Å². The lowest BCUT2D eigenvalue weighted by Gasteiger charge is -2.33. The van der Waals surface area contributed by atoms with Gasteiger partial charge in [-0.2, -0.15) is 0 Å². The van der Waals surface area contributed by atoms with Crippen molar-refractivity contribution >= 4 is 33.3 Å². The quantitative estimate of drug-likeness (QED) is 0.793. The molecule has 0 atom stereocenters. The van der Waals surface area contributed by atoms with Crippen LogP contribution >= 0.6 is 11.3 Å². The molecule has 0 aliphatic carbocycles. The smallest absolute Gasteiger partial charge is 0.223 e. The van der Waals surface area contributed by atoms with Crippen LogP contribution in [0.25, 0.3) is 10.2 Å². The summed E-state index contributed by atoms with van der Waals surface area (Å²) < 4.78 is 0. The number of aromatic nitrogens is 2. The molecule has 0 spiro atoms. The third kappa shape index (κ3) is 4.09. The summed E-state index contributed by atoms with van der Waals surface area (Å²) in [6.07, 6.45) is 5.07. The fraction of sp³-hybridized carbons (Fsp3) is 0.650. The molecule has 0 aromatic carbocycles. The number of nitrogens with two attached hydrogens (primary N) is 1. The fourth-order valence-corrected chi connectivity index (χ4v) is 4.66. The molecule has 3 rings (SSSR count). The number of aryl methyl sites for hydroxylation is 2. The average molecular weight is 390 g/mol. The zero-order valence-corrected chi connectivity index (χ0v) is 17.7. The lowest BCUT2D eigenvalue weighted by molar-refractivity contribution is -0.125. The molecular weight excluding hydrogens is 358 g/mol. The van der Waals surface area contributed by atoms with Crippen LogP contribution in [0, 0.1) is 19.8 Å². The molecular formula is C20H31N5OS. The molecule has 148 valence electrons. The van der Waals surface area contributed by atoms with Gasteiger partial charge >= 0.3 is 0 Å². The van der Waals surface area contributed by atoms with E-state index in [9.17, 15) is 4.79 Å². The van der Waals surface area contributed by atoms with Crippen molar-refractivity contribution in [3.63, 3.8) is 0 Å². The number of nitrogens with one attached hydrogen (secondary N) is 1. The minimum Gasteiger partial charge on any atom is -0.356 e. The Bertz CT molecular complexity index is 806. The fourth-order valence-electron chi connectivity index (χ4n) is 3.66. The van der Waals surface area contributed by atoms with Crippen LogP contribution < -0.4 is 16.0 Å². The van der Waals surface area contributed by atoms with E-state index in [1.54, 1.807) is 17.7 Å². The second-order valence-electron chi connectivity index (χ2n) is 7.71. The van der Waals surface area contributed by atoms with Crippen LogP contribution in [0.1, 0.15) is 50.0 Å². The second-order valence-corrected chi connectivity index (χ2v) is 8.91. The number of thiophene rings is 1. The highest BCUT2D eigenvalue weighted by atomic mass is 32.1. The molecule has 1 fully saturated rings. The SMILES string of the molecule is CCC(N)(CC)CNC(=O)C1CCN(c2ncnc3sc(C)c(C)c23)CC1. The number of fused-ring (bicyclic) bond motifs is 1. The van der Waals surface area contributed by atoms with E-state index in [1.807, 2.05) is 0 Å². The topological polar surface area (TPSA) is 84.1 Å². The van der Waals surface area contributed by atoms with Crippen molar-refractivity contribution < 1.29 is 4.79 Å². The van der Waals surface area contributed by atoms with Crippen molar-refractivity contribution in [1.29, 1.82) is 0 Å². The number of carbonyl (C=O) groups excluding carboxylic acids is 1. The summed E-state index contributed by atoms with van der Waals surface area (Å²) in [5.41, 5.74) is 7.28. The lowest BCUT2D eigenvalue weighted by atomic mass is 9.92. The third-order valence-corrected chi connectivity index (χ3v) is 7.25. The van der Waals surface area contributed by atoms with E-state index in [4.69, 9.17) is 5.73 Å². The van der Waals surface area contributed by atoms with Crippen LogP contribution in [-0.2, 0) is 4.79 Å². The van der Waals surface area contributed by atoms with Crippen molar-refractivity contribution in [1.82, 2.24) is 15.3 Å². The van der Waals surface area contributed by atoms with Gasteiger partial charge in [-0.25, -0.2) is 9.97 Å². The molecule has 0 bridgehead atoms. The summed E-state index contributed by atoms with van der Waals surface area (Å²) in [6, 6.07) is 0. The Hall–Kier alpha value is -1.73. The number of amides is 1. The second kappa shape index (κ2) is 8.10. The lowest BCUT2D eigenvalue weighted by Crippen LogP contribution is -2.51. The van der Waals surface area contributed by atoms with Gasteiger partial charge < -0.3 is 16.0 Å². The Labute approximate surface area is 165 Å². The van der Waals surface area contributed by atoms with Gasteiger partial charge in [-0.15, -0.1) is 11.3 Å². The highest BCUT2D eigenvalue weighted by molar-refractivity contribution is 7.18. The minimum atomic E-state index is -0.294. The molecule has 3 N–H and O–H groups in total. The molecule has 3 heterocycles. The van der Waals surface area contributed by atoms with E-state index in [1.165, 1.54) is 15.8 Å². The highest BCUT2D eigenvalue weighted by Gasteiger charge is 2.29. The molecule has 27 heavy (non-hydrogen) atoms. The van der Waals surface area contributed by atoms with Gasteiger partial charge in [0.1, 0.15) is 17.0 Å². The third-order valence-electron chi connectivity index (χ3n) is 6.13. The first kappa shape index (κ1) is 20.0. The summed E-state index contributed by atoms with van der Waals surface area (Å²) >= 11 is 1.72. The Balaban J connectivity index is 1.63. The van der Waals surface area contributed by atoms with Crippen molar-refractivity contribution in [3.05, 3.63) is 16.8 Å². The van der Waals surface area contributed by atoms with Gasteiger partial charge in [0, 0.05) is 36.0 Å². The van der Waals surface area contributed by atoms with Crippen molar-refractivity contribution in [3.8, 4) is 0 Å². The average Bonchev–Trinajstić information content (AvgIpc) is 3.00. The van der Waals surface area contributed by atoms with Gasteiger partial charge in [-0.1, -0.05) is 13.8 Å². The molecule has 0 radical (unpaired) electrons. The van der Waals surface area contributed by atoms with Crippen molar-refractivity contribution in [2.75, 3.05) is 24.5 Å². The number of anilines is 1. The van der Waals surface area contributed by atoms with E-state index >= 15 is 0 Å². The standard InChI is InChI=1S/C20H31N5OS/c1-5-20(21,6-2)11-22-18(26)15-7-9-25(10-8-15)17-16-13(3)14(4)27-19(16)24-12-23-17/h12,15H,5-11,21H2,1-4H3,(H,22,26). The summed E-state index contributed by atoms with van der Waals surface area (Å²) in [5.74, 6) is 1.21. The van der Waals surface area contributed by atoms with E-state index in [0.717, 1.165) is 49.4 Å². The summed E-state index contributed by atoms with van der Waals surface area (Å²) in [4.78, 5) is 26.2. The van der Waals surface area contributed by atoms with E-state index in [0.29, 0.717) is 6.54 Å². The highest BCUT2D eigenvalue weighted by Crippen LogP contribution is 2.35. The Morgan fingerprint density at radius 3 is 2.59 bits per heavy atom. The van der Waals surface area contributed by atoms with Crippen LogP contribution in [-0.4, -0.2) is 41.0 Å². The Morgan fingerprint density at radius 2 is 1.96 bits per heavy atom. The molecule has 1 aliphatic rings. The van der Waals surface area contributed by atoms with Gasteiger partial charge in [0.15, 0.2) is 0 Å². The summed E-state index contributed by atoms with van der Waals surface area (Å²) in [7, 11) is 0. The normalized spacial score (nSPS) is 16.1. The predicted octanol–water partition coefficient (Wildman–Crippen LogP) is 3.16. The van der Waals surface area contributed by atoms with Crippen LogP contribution in [0.2, 0.25) is 0 Å². The molecule has 6 nitrogen and oxygen atoms in total. The Kier molecular flexibility index (Phi) is 6.01. The maximum Gasteiger partial charge on any atom is 0.223 e. The molecule has 0 unspecified atom stereocenters. The number of rotatable bonds is 6. The summed E-state index contributed by atoms with van der Waals surface area (Å²) in [6.45, 7) is 10.7. The first-order valence-electron chi connectivity index (χ1n) is 9.90. The Morgan fingerprint density at radius 1 is 1.30 bits per heavy atom. The molecule has 2 aromatic heterocycles. The molecule has 1 saturated heterocycles. The van der Waals surface area contributed by atoms with Gasteiger partial charge in [0.05, 0.1) is 5.39 Å². The number of hydrogen-bond donors (Lipinski definition) is 2. The van der Waals surface area contributed by atoms with E-state index in [-0.39, 0.29) is 17.4 Å². The predicted molar refractivity (Wildman–Crippen MR) is 112 cm³/mol. The monoisotopic (exact) mass is 389 g/mol. The molecule has 7 heteroatoms. The van der Waals surface area contributed by atoms with Crippen LogP contribution in [0.4, 0.5) is 5.82 Å².